The Balaban J connectivity index is 1.56. The first-order chi connectivity index (χ1) is 12.7. The van der Waals surface area contributed by atoms with E-state index in [2.05, 4.69) is 5.32 Å². The summed E-state index contributed by atoms with van der Waals surface area (Å²) in [6.45, 7) is 0.189. The zero-order valence-electron chi connectivity index (χ0n) is 14.5. The highest BCUT2D eigenvalue weighted by Gasteiger charge is 2.45. The van der Waals surface area contributed by atoms with Crippen LogP contribution in [0.1, 0.15) is 36.0 Å². The standard InChI is InChI=1S/C20H20F5NO/c21-16-8-13(9-17(22)11-16)4-5-18(27)12-26-19(6-7-19)14-2-1-3-15(10-14)20(23,24)25/h1-3,8-11,18,26-27H,4-7,12H2. The van der Waals surface area contributed by atoms with Crippen molar-refractivity contribution < 1.29 is 27.1 Å². The number of alkyl halides is 3. The molecule has 0 spiro atoms. The van der Waals surface area contributed by atoms with Crippen molar-refractivity contribution >= 4 is 0 Å². The van der Waals surface area contributed by atoms with E-state index in [4.69, 9.17) is 0 Å². The number of aliphatic hydroxyl groups is 1. The number of benzene rings is 2. The quantitative estimate of drug-likeness (QED) is 0.685. The number of aryl methyl sites for hydroxylation is 1. The van der Waals surface area contributed by atoms with Crippen LogP contribution in [-0.2, 0) is 18.1 Å². The van der Waals surface area contributed by atoms with Crippen LogP contribution in [0.4, 0.5) is 22.0 Å². The van der Waals surface area contributed by atoms with Crippen LogP contribution in [0.2, 0.25) is 0 Å². The second kappa shape index (κ2) is 7.56. The van der Waals surface area contributed by atoms with Crippen LogP contribution in [0.15, 0.2) is 42.5 Å². The summed E-state index contributed by atoms with van der Waals surface area (Å²) < 4.78 is 65.0. The number of rotatable bonds is 7. The molecule has 0 amide bonds. The van der Waals surface area contributed by atoms with Crippen molar-refractivity contribution in [2.24, 2.45) is 0 Å². The topological polar surface area (TPSA) is 32.3 Å². The number of halogens is 5. The van der Waals surface area contributed by atoms with E-state index >= 15 is 0 Å². The molecule has 27 heavy (non-hydrogen) atoms. The SMILES string of the molecule is OC(CCc1cc(F)cc(F)c1)CNC1(c2cccc(C(F)(F)F)c2)CC1. The van der Waals surface area contributed by atoms with Gasteiger partial charge in [-0.1, -0.05) is 12.1 Å². The summed E-state index contributed by atoms with van der Waals surface area (Å²) >= 11 is 0. The lowest BCUT2D eigenvalue weighted by atomic mass is 10.0. The third kappa shape index (κ3) is 5.05. The van der Waals surface area contributed by atoms with Gasteiger partial charge in [0.25, 0.3) is 0 Å². The molecule has 1 fully saturated rings. The average Bonchev–Trinajstić information content (AvgIpc) is 3.38. The zero-order chi connectivity index (χ0) is 19.7. The monoisotopic (exact) mass is 385 g/mol. The van der Waals surface area contributed by atoms with Crippen molar-refractivity contribution in [3.05, 3.63) is 70.8 Å². The predicted octanol–water partition coefficient (Wildman–Crippen LogP) is 4.56. The van der Waals surface area contributed by atoms with E-state index in [1.165, 1.54) is 18.2 Å². The molecule has 2 nitrogen and oxygen atoms in total. The van der Waals surface area contributed by atoms with Crippen LogP contribution in [0.25, 0.3) is 0 Å². The van der Waals surface area contributed by atoms with E-state index in [0.29, 0.717) is 30.4 Å². The fraction of sp³-hybridized carbons (Fsp3) is 0.400. The molecular formula is C20H20F5NO. The van der Waals surface area contributed by atoms with Gasteiger partial charge in [-0.05, 0) is 61.1 Å². The Morgan fingerprint density at radius 3 is 2.30 bits per heavy atom. The van der Waals surface area contributed by atoms with Crippen LogP contribution >= 0.6 is 0 Å². The van der Waals surface area contributed by atoms with Gasteiger partial charge < -0.3 is 10.4 Å². The maximum Gasteiger partial charge on any atom is 0.416 e. The number of hydrogen-bond donors (Lipinski definition) is 2. The summed E-state index contributed by atoms with van der Waals surface area (Å²) in [7, 11) is 0. The molecule has 1 aliphatic carbocycles. The molecule has 0 bridgehead atoms. The lowest BCUT2D eigenvalue weighted by molar-refractivity contribution is -0.137. The van der Waals surface area contributed by atoms with E-state index in [1.54, 1.807) is 6.07 Å². The predicted molar refractivity (Wildman–Crippen MR) is 91.0 cm³/mol. The molecule has 2 N–H and O–H groups in total. The van der Waals surface area contributed by atoms with Crippen LogP contribution in [-0.4, -0.2) is 17.8 Å². The molecule has 2 aromatic rings. The fourth-order valence-electron chi connectivity index (χ4n) is 3.19. The van der Waals surface area contributed by atoms with Crippen molar-refractivity contribution in [1.82, 2.24) is 5.32 Å². The Hall–Kier alpha value is -1.99. The van der Waals surface area contributed by atoms with Gasteiger partial charge >= 0.3 is 6.18 Å². The van der Waals surface area contributed by atoms with Gasteiger partial charge in [0, 0.05) is 18.2 Å². The molecule has 2 aromatic carbocycles. The molecule has 146 valence electrons. The van der Waals surface area contributed by atoms with Crippen LogP contribution in [0, 0.1) is 11.6 Å². The van der Waals surface area contributed by atoms with E-state index in [9.17, 15) is 27.1 Å². The van der Waals surface area contributed by atoms with Crippen molar-refractivity contribution in [2.45, 2.75) is 43.5 Å². The van der Waals surface area contributed by atoms with E-state index < -0.39 is 35.0 Å². The molecule has 3 rings (SSSR count). The van der Waals surface area contributed by atoms with Crippen molar-refractivity contribution in [2.75, 3.05) is 6.54 Å². The summed E-state index contributed by atoms with van der Waals surface area (Å²) in [5.74, 6) is -1.34. The van der Waals surface area contributed by atoms with Gasteiger partial charge in [-0.25, -0.2) is 8.78 Å². The van der Waals surface area contributed by atoms with E-state index in [-0.39, 0.29) is 13.0 Å². The minimum Gasteiger partial charge on any atom is -0.392 e. The molecule has 1 saturated carbocycles. The van der Waals surface area contributed by atoms with Crippen molar-refractivity contribution in [1.29, 1.82) is 0 Å². The van der Waals surface area contributed by atoms with Gasteiger partial charge in [-0.2, -0.15) is 13.2 Å². The number of nitrogens with one attached hydrogen (secondary N) is 1. The Morgan fingerprint density at radius 1 is 1.04 bits per heavy atom. The lowest BCUT2D eigenvalue weighted by Gasteiger charge is -2.21. The van der Waals surface area contributed by atoms with Gasteiger partial charge in [0.15, 0.2) is 0 Å². The average molecular weight is 385 g/mol. The van der Waals surface area contributed by atoms with Crippen molar-refractivity contribution in [3.8, 4) is 0 Å². The van der Waals surface area contributed by atoms with E-state index in [1.807, 2.05) is 0 Å². The Labute approximate surface area is 154 Å². The minimum atomic E-state index is -4.40. The Kier molecular flexibility index (Phi) is 5.53. The van der Waals surface area contributed by atoms with Crippen LogP contribution in [0.3, 0.4) is 0 Å². The highest BCUT2D eigenvalue weighted by atomic mass is 19.4. The molecule has 1 atom stereocenters. The molecule has 7 heteroatoms. The first-order valence-corrected chi connectivity index (χ1v) is 8.74. The first kappa shape index (κ1) is 19.8. The van der Waals surface area contributed by atoms with E-state index in [0.717, 1.165) is 18.2 Å². The second-order valence-corrected chi connectivity index (χ2v) is 7.01. The summed E-state index contributed by atoms with van der Waals surface area (Å²) in [4.78, 5) is 0. The molecule has 0 aliphatic heterocycles. The van der Waals surface area contributed by atoms with Crippen LogP contribution in [0.5, 0.6) is 0 Å². The molecule has 0 saturated heterocycles. The second-order valence-electron chi connectivity index (χ2n) is 7.01. The molecule has 1 aliphatic rings. The number of hydrogen-bond acceptors (Lipinski definition) is 2. The largest absolute Gasteiger partial charge is 0.416 e. The minimum absolute atomic E-state index is 0.189. The zero-order valence-corrected chi connectivity index (χ0v) is 14.5. The third-order valence-electron chi connectivity index (χ3n) is 4.86. The van der Waals surface area contributed by atoms with Gasteiger partial charge in [0.2, 0.25) is 0 Å². The normalized spacial score (nSPS) is 17.0. The molecule has 1 unspecified atom stereocenters. The van der Waals surface area contributed by atoms with Crippen LogP contribution < -0.4 is 5.32 Å². The van der Waals surface area contributed by atoms with Gasteiger partial charge in [-0.15, -0.1) is 0 Å². The van der Waals surface area contributed by atoms with Crippen molar-refractivity contribution in [3.63, 3.8) is 0 Å². The molecule has 0 heterocycles. The third-order valence-corrected chi connectivity index (χ3v) is 4.86. The smallest absolute Gasteiger partial charge is 0.392 e. The van der Waals surface area contributed by atoms with Gasteiger partial charge in [0.05, 0.1) is 11.7 Å². The molecule has 0 aromatic heterocycles. The highest BCUT2D eigenvalue weighted by Crippen LogP contribution is 2.46. The highest BCUT2D eigenvalue weighted by molar-refractivity contribution is 5.35. The Bertz CT molecular complexity index is 781. The lowest BCUT2D eigenvalue weighted by Crippen LogP contribution is -2.36. The number of aliphatic hydroxyl groups excluding tert-OH is 1. The summed E-state index contributed by atoms with van der Waals surface area (Å²) in [6.07, 6.45) is -3.21. The summed E-state index contributed by atoms with van der Waals surface area (Å²) in [6, 6.07) is 8.43. The first-order valence-electron chi connectivity index (χ1n) is 8.74. The summed E-state index contributed by atoms with van der Waals surface area (Å²) in [5, 5.41) is 13.3. The van der Waals surface area contributed by atoms with Gasteiger partial charge in [0.1, 0.15) is 11.6 Å². The Morgan fingerprint density at radius 2 is 1.70 bits per heavy atom. The molecular weight excluding hydrogens is 365 g/mol. The fourth-order valence-corrected chi connectivity index (χ4v) is 3.19. The maximum atomic E-state index is 13.2. The maximum absolute atomic E-state index is 13.2. The summed E-state index contributed by atoms with van der Waals surface area (Å²) in [5.41, 5.74) is -0.239. The van der Waals surface area contributed by atoms with Gasteiger partial charge in [-0.3, -0.25) is 0 Å². The molecule has 0 radical (unpaired) electrons.